The van der Waals surface area contributed by atoms with Gasteiger partial charge in [-0.1, -0.05) is 93.3 Å². The molecule has 33 nitrogen and oxygen atoms in total. The smallest absolute Gasteiger partial charge is 0.248 e. The average Bonchev–Trinajstić information content (AvgIpc) is 1.66. The Balaban J connectivity index is 0.000000128. The van der Waals surface area contributed by atoms with Crippen LogP contribution in [0.4, 0.5) is 74.7 Å². The Hall–Kier alpha value is -13.1. The first-order valence-electron chi connectivity index (χ1n) is 32.3. The fraction of sp³-hybridized carbons (Fsp3) is 0.143. The molecule has 0 spiro atoms. The van der Waals surface area contributed by atoms with Gasteiger partial charge in [-0.25, -0.2) is 24.3 Å². The van der Waals surface area contributed by atoms with Crippen LogP contribution in [-0.4, -0.2) is 148 Å². The lowest BCUT2D eigenvalue weighted by Gasteiger charge is -2.14. The molecule has 12 N–H and O–H groups in total. The van der Waals surface area contributed by atoms with E-state index in [4.69, 9.17) is 66.7 Å². The van der Waals surface area contributed by atoms with Crippen molar-refractivity contribution < 1.29 is 47.4 Å². The van der Waals surface area contributed by atoms with Crippen molar-refractivity contribution in [3.05, 3.63) is 168 Å². The van der Waals surface area contributed by atoms with Gasteiger partial charge >= 0.3 is 0 Å². The van der Waals surface area contributed by atoms with Gasteiger partial charge in [-0.2, -0.15) is 38.7 Å². The fourth-order valence-corrected chi connectivity index (χ4v) is 14.6. The summed E-state index contributed by atoms with van der Waals surface area (Å²) in [6.45, 7) is -0.0226. The van der Waals surface area contributed by atoms with Gasteiger partial charge in [0.05, 0.1) is 104 Å². The minimum absolute atomic E-state index is 0.0226. The van der Waals surface area contributed by atoms with Crippen LogP contribution in [0.5, 0.6) is 46.0 Å². The highest BCUT2D eigenvalue weighted by Gasteiger charge is 2.22. The van der Waals surface area contributed by atoms with Crippen LogP contribution >= 0.6 is 56.9 Å². The lowest BCUT2D eigenvalue weighted by molar-refractivity contribution is 0.282. The number of para-hydroxylation sites is 2. The van der Waals surface area contributed by atoms with Gasteiger partial charge in [-0.3, -0.25) is 0 Å². The van der Waals surface area contributed by atoms with Crippen molar-refractivity contribution in [2.75, 3.05) is 108 Å². The van der Waals surface area contributed by atoms with Crippen molar-refractivity contribution in [2.45, 2.75) is 6.61 Å². The molecule has 39 heteroatoms. The number of methoxy groups -OCH3 is 8. The molecule has 0 atom stereocenters. The minimum Gasteiger partial charge on any atom is -0.493 e. The minimum atomic E-state index is -0.330. The molecule has 0 radical (unpaired) electrons. The van der Waals surface area contributed by atoms with E-state index in [1.807, 2.05) is 103 Å². The van der Waals surface area contributed by atoms with Gasteiger partial charge in [-0.05, 0) is 90.5 Å². The highest BCUT2D eigenvalue weighted by atomic mass is 35.5. The molecule has 0 unspecified atom stereocenters. The fourth-order valence-electron chi connectivity index (χ4n) is 10.6. The Morgan fingerprint density at radius 2 is 0.780 bits per heavy atom. The molecule has 0 aliphatic rings. The van der Waals surface area contributed by atoms with Crippen molar-refractivity contribution in [1.82, 2.24) is 79.0 Å². The van der Waals surface area contributed by atoms with Crippen molar-refractivity contribution >= 4 is 168 Å². The van der Waals surface area contributed by atoms with Crippen LogP contribution in [0.2, 0.25) is 5.02 Å². The molecule has 8 heterocycles. The summed E-state index contributed by atoms with van der Waals surface area (Å²) in [5.41, 5.74) is 25.0. The highest BCUT2D eigenvalue weighted by Crippen LogP contribution is 2.43. The number of halogens is 2. The number of aliphatic hydroxyl groups is 1. The summed E-state index contributed by atoms with van der Waals surface area (Å²) in [6.07, 6.45) is 0. The zero-order valence-corrected chi connectivity index (χ0v) is 63.2. The second kappa shape index (κ2) is 33.1. The molecular weight excluding hydrogens is 1500 g/mol. The molecule has 8 aromatic carbocycles. The summed E-state index contributed by atoms with van der Waals surface area (Å²) in [5.74, 6) is 6.46. The largest absolute Gasteiger partial charge is 0.493 e. The van der Waals surface area contributed by atoms with Crippen LogP contribution in [-0.2, 0) is 6.61 Å². The Kier molecular flexibility index (Phi) is 22.5. The predicted octanol–water partition coefficient (Wildman–Crippen LogP) is 13.6. The van der Waals surface area contributed by atoms with Crippen molar-refractivity contribution in [1.29, 1.82) is 0 Å². The normalized spacial score (nSPS) is 10.9. The van der Waals surface area contributed by atoms with E-state index in [1.54, 1.807) is 95.0 Å². The third-order valence-electron chi connectivity index (χ3n) is 15.5. The summed E-state index contributed by atoms with van der Waals surface area (Å²) in [7, 11) is 14.2. The van der Waals surface area contributed by atoms with Gasteiger partial charge in [0.2, 0.25) is 79.6 Å². The molecular formula is C70H66ClFN24O9S4. The number of aliphatic hydroxyl groups excluding tert-OH is 1. The molecule has 109 heavy (non-hydrogen) atoms. The molecule has 0 aliphatic carbocycles. The van der Waals surface area contributed by atoms with Crippen molar-refractivity contribution in [2.24, 2.45) is 0 Å². The average molecular weight is 1570 g/mol. The van der Waals surface area contributed by atoms with Gasteiger partial charge in [0.1, 0.15) is 5.82 Å². The first-order chi connectivity index (χ1) is 53.0. The summed E-state index contributed by atoms with van der Waals surface area (Å²) in [4.78, 5) is 35.4. The van der Waals surface area contributed by atoms with Gasteiger partial charge in [0.15, 0.2) is 34.5 Å². The molecule has 16 aromatic rings. The van der Waals surface area contributed by atoms with Gasteiger partial charge in [-0.15, -0.1) is 20.4 Å². The summed E-state index contributed by atoms with van der Waals surface area (Å²) in [6, 6.07) is 45.5. The van der Waals surface area contributed by atoms with E-state index < -0.39 is 0 Å². The van der Waals surface area contributed by atoms with Crippen LogP contribution in [0.15, 0.2) is 152 Å². The van der Waals surface area contributed by atoms with E-state index in [1.165, 1.54) is 81.5 Å². The van der Waals surface area contributed by atoms with Gasteiger partial charge in [0, 0.05) is 65.2 Å². The second-order valence-corrected chi connectivity index (χ2v) is 26.9. The van der Waals surface area contributed by atoms with Crippen LogP contribution in [0.25, 0.3) is 61.4 Å². The first kappa shape index (κ1) is 74.1. The van der Waals surface area contributed by atoms with Crippen LogP contribution in [0.3, 0.4) is 0 Å². The molecule has 16 rings (SSSR count). The SMILES string of the molecule is CNc1nc(Nc2ccc(OC)c(OC)c2)nn1-c1nc2ccccc2s1.COc1cc(Nc2nc(N)n(-c3nc4ccc(Cl)cc4s3)n2)cc(OC)c1OC.COc1cc(Nc2nc(N)n(-c3nc4ccc(F)cc4s3)n2)cc(OC)c1OC.Nc1nc(Nc2cccc(CO)c2)nn1-c1nc2ccccc2s1. The Labute approximate surface area is 639 Å². The molecule has 8 aromatic heterocycles. The maximum atomic E-state index is 13.4. The summed E-state index contributed by atoms with van der Waals surface area (Å²) in [5, 5.41) is 45.5. The Morgan fingerprint density at radius 3 is 1.23 bits per heavy atom. The Morgan fingerprint density at radius 1 is 0.385 bits per heavy atom. The maximum absolute atomic E-state index is 13.4. The molecule has 0 bridgehead atoms. The van der Waals surface area contributed by atoms with Crippen molar-refractivity contribution in [3.63, 3.8) is 0 Å². The third kappa shape index (κ3) is 16.6. The zero-order valence-electron chi connectivity index (χ0n) is 59.1. The number of benzene rings is 8. The van der Waals surface area contributed by atoms with Crippen LogP contribution in [0, 0.1) is 5.82 Å². The number of hydrogen-bond donors (Lipinski definition) is 9. The highest BCUT2D eigenvalue weighted by molar-refractivity contribution is 7.21. The molecule has 0 saturated carbocycles. The van der Waals surface area contributed by atoms with E-state index in [-0.39, 0.29) is 36.2 Å². The van der Waals surface area contributed by atoms with E-state index in [0.717, 1.165) is 52.7 Å². The number of hydrogen-bond acceptors (Lipinski definition) is 33. The Bertz CT molecular complexity index is 5600. The molecule has 0 fully saturated rings. The second-order valence-electron chi connectivity index (χ2n) is 22.4. The number of aromatic nitrogens is 16. The zero-order chi connectivity index (χ0) is 76.4. The number of nitrogens with one attached hydrogen (secondary N) is 5. The first-order valence-corrected chi connectivity index (χ1v) is 35.9. The lowest BCUT2D eigenvalue weighted by atomic mass is 10.2. The third-order valence-corrected chi connectivity index (χ3v) is 19.8. The van der Waals surface area contributed by atoms with E-state index in [0.29, 0.717) is 112 Å². The number of thiazole rings is 4. The predicted molar refractivity (Wildman–Crippen MR) is 423 cm³/mol. The summed E-state index contributed by atoms with van der Waals surface area (Å²) < 4.78 is 65.9. The van der Waals surface area contributed by atoms with Crippen LogP contribution in [0.1, 0.15) is 5.56 Å². The van der Waals surface area contributed by atoms with Gasteiger partial charge in [0.25, 0.3) is 0 Å². The molecule has 0 saturated heterocycles. The van der Waals surface area contributed by atoms with E-state index in [9.17, 15) is 9.50 Å². The van der Waals surface area contributed by atoms with E-state index in [2.05, 4.69) is 86.9 Å². The number of nitrogen functional groups attached to an aromatic ring is 3. The molecule has 0 amide bonds. The standard InChI is InChI=1S/C18H17ClN6O3S.C18H17FN6O3S.C18H18N6O2S.C16H14N6OS/c2*1-26-12-7-10(8-13(27-2)15(12)28-3)21-17-23-16(20)25(24-17)18-22-11-5-4-9(19)6-14(11)29-18;1-19-17-22-16(20-11-8-9-13(25-2)14(10-11)26-3)23-24(17)18-21-12-6-4-5-7-15(12)27-18;17-14-20-15(18-11-5-3-4-10(8-11)9-23)21-22(14)16-19-12-6-1-2-7-13(12)24-16/h2*4-8H,1-3H3,(H3,20,21,23,24);4-10H,1-3H3,(H2,19,20,22,23);1-8,23H,9H2,(H3,17,18,20,21). The number of ether oxygens (including phenoxy) is 8. The van der Waals surface area contributed by atoms with E-state index >= 15 is 0 Å². The number of fused-ring (bicyclic) bond motifs is 4. The molecule has 558 valence electrons. The van der Waals surface area contributed by atoms with Crippen molar-refractivity contribution in [3.8, 4) is 66.5 Å². The number of nitrogens with two attached hydrogens (primary N) is 3. The number of rotatable bonds is 22. The lowest BCUT2D eigenvalue weighted by Crippen LogP contribution is -2.02. The number of anilines is 12. The number of nitrogens with zero attached hydrogens (tertiary/aromatic N) is 16. The van der Waals surface area contributed by atoms with Gasteiger partial charge < -0.3 is 86.8 Å². The topological polar surface area (TPSA) is 407 Å². The maximum Gasteiger partial charge on any atom is 0.248 e. The summed E-state index contributed by atoms with van der Waals surface area (Å²) >= 11 is 11.8. The quantitative estimate of drug-likeness (QED) is 0.0304. The molecule has 0 aliphatic heterocycles. The monoisotopic (exact) mass is 1570 g/mol. The van der Waals surface area contributed by atoms with Crippen LogP contribution < -0.4 is 81.7 Å².